The third kappa shape index (κ3) is 4.60. The largest absolute Gasteiger partial charge is 0.444 e. The highest BCUT2D eigenvalue weighted by molar-refractivity contribution is 5.78. The number of amides is 2. The second-order valence-electron chi connectivity index (χ2n) is 7.35. The minimum Gasteiger partial charge on any atom is -0.444 e. The van der Waals surface area contributed by atoms with E-state index in [1.807, 2.05) is 25.7 Å². The van der Waals surface area contributed by atoms with Gasteiger partial charge in [0.1, 0.15) is 5.60 Å². The van der Waals surface area contributed by atoms with Gasteiger partial charge in [-0.25, -0.2) is 4.79 Å². The molecule has 2 rings (SSSR count). The van der Waals surface area contributed by atoms with Crippen LogP contribution < -0.4 is 11.1 Å². The van der Waals surface area contributed by atoms with Gasteiger partial charge in [0.2, 0.25) is 5.91 Å². The van der Waals surface area contributed by atoms with Gasteiger partial charge in [-0.1, -0.05) is 12.8 Å². The molecule has 0 bridgehead atoms. The van der Waals surface area contributed by atoms with Crippen molar-refractivity contribution in [2.45, 2.75) is 83.0 Å². The Hall–Kier alpha value is -1.30. The molecule has 2 fully saturated rings. The summed E-state index contributed by atoms with van der Waals surface area (Å²) < 4.78 is 5.58. The van der Waals surface area contributed by atoms with Crippen molar-refractivity contribution in [1.29, 1.82) is 0 Å². The summed E-state index contributed by atoms with van der Waals surface area (Å²) in [7, 11) is 0. The molecule has 2 aliphatic carbocycles. The van der Waals surface area contributed by atoms with Gasteiger partial charge in [0, 0.05) is 12.1 Å². The smallest absolute Gasteiger partial charge is 0.410 e. The number of ether oxygens (including phenoxy) is 1. The van der Waals surface area contributed by atoms with Crippen molar-refractivity contribution in [2.75, 3.05) is 6.54 Å². The molecule has 2 saturated carbocycles. The van der Waals surface area contributed by atoms with Gasteiger partial charge in [0.25, 0.3) is 0 Å². The second-order valence-corrected chi connectivity index (χ2v) is 7.35. The minimum absolute atomic E-state index is 0.0148. The predicted molar refractivity (Wildman–Crippen MR) is 84.3 cm³/mol. The normalized spacial score (nSPS) is 25.5. The van der Waals surface area contributed by atoms with Crippen molar-refractivity contribution in [2.24, 2.45) is 5.73 Å². The van der Waals surface area contributed by atoms with Gasteiger partial charge in [0.15, 0.2) is 0 Å². The molecule has 126 valence electrons. The summed E-state index contributed by atoms with van der Waals surface area (Å²) in [5, 5.41) is 2.99. The van der Waals surface area contributed by atoms with Crippen LogP contribution in [0, 0.1) is 0 Å². The molecule has 2 atom stereocenters. The predicted octanol–water partition coefficient (Wildman–Crippen LogP) is 1.77. The molecule has 22 heavy (non-hydrogen) atoms. The number of nitrogens with two attached hydrogens (primary N) is 1. The highest BCUT2D eigenvalue weighted by Gasteiger charge is 2.43. The van der Waals surface area contributed by atoms with Crippen molar-refractivity contribution in [1.82, 2.24) is 10.2 Å². The van der Waals surface area contributed by atoms with E-state index >= 15 is 0 Å². The van der Waals surface area contributed by atoms with E-state index in [9.17, 15) is 9.59 Å². The van der Waals surface area contributed by atoms with Crippen molar-refractivity contribution in [3.63, 3.8) is 0 Å². The Morgan fingerprint density at radius 3 is 2.36 bits per heavy atom. The van der Waals surface area contributed by atoms with Gasteiger partial charge in [-0.3, -0.25) is 4.79 Å². The quantitative estimate of drug-likeness (QED) is 0.828. The molecule has 0 aromatic rings. The summed E-state index contributed by atoms with van der Waals surface area (Å²) in [5.41, 5.74) is 4.90. The monoisotopic (exact) mass is 311 g/mol. The maximum absolute atomic E-state index is 12.6. The molecular weight excluding hydrogens is 282 g/mol. The molecule has 0 saturated heterocycles. The summed E-state index contributed by atoms with van der Waals surface area (Å²) in [4.78, 5) is 26.1. The third-order valence-electron chi connectivity index (χ3n) is 4.16. The fourth-order valence-corrected chi connectivity index (χ4v) is 3.10. The topological polar surface area (TPSA) is 84.7 Å². The molecule has 3 N–H and O–H groups in total. The molecule has 2 amide bonds. The number of nitrogens with zero attached hydrogens (tertiary/aromatic N) is 1. The van der Waals surface area contributed by atoms with Crippen LogP contribution in [0.2, 0.25) is 0 Å². The molecule has 0 unspecified atom stereocenters. The lowest BCUT2D eigenvalue weighted by Crippen LogP contribution is -2.57. The molecule has 0 radical (unpaired) electrons. The van der Waals surface area contributed by atoms with E-state index < -0.39 is 5.60 Å². The van der Waals surface area contributed by atoms with E-state index in [0.717, 1.165) is 38.5 Å². The van der Waals surface area contributed by atoms with Gasteiger partial charge >= 0.3 is 6.09 Å². The molecule has 0 spiro atoms. The van der Waals surface area contributed by atoms with E-state index in [1.54, 1.807) is 0 Å². The Bertz CT molecular complexity index is 415. The van der Waals surface area contributed by atoms with Gasteiger partial charge in [0.05, 0.1) is 12.6 Å². The summed E-state index contributed by atoms with van der Waals surface area (Å²) in [5.74, 6) is -0.156. The van der Waals surface area contributed by atoms with E-state index in [4.69, 9.17) is 10.5 Å². The highest BCUT2D eigenvalue weighted by atomic mass is 16.6. The van der Waals surface area contributed by atoms with Crippen molar-refractivity contribution >= 4 is 12.0 Å². The average Bonchev–Trinajstić information content (AvgIpc) is 3.23. The third-order valence-corrected chi connectivity index (χ3v) is 4.16. The van der Waals surface area contributed by atoms with Crippen LogP contribution in [0.25, 0.3) is 0 Å². The van der Waals surface area contributed by atoms with Crippen LogP contribution in [-0.2, 0) is 9.53 Å². The van der Waals surface area contributed by atoms with Crippen LogP contribution in [0.4, 0.5) is 4.79 Å². The molecule has 2 aliphatic rings. The Morgan fingerprint density at radius 2 is 1.82 bits per heavy atom. The Morgan fingerprint density at radius 1 is 1.18 bits per heavy atom. The summed E-state index contributed by atoms with van der Waals surface area (Å²) >= 11 is 0. The number of nitrogens with one attached hydrogen (secondary N) is 1. The number of hydrogen-bond acceptors (Lipinski definition) is 4. The van der Waals surface area contributed by atoms with E-state index in [1.165, 1.54) is 0 Å². The first kappa shape index (κ1) is 17.1. The van der Waals surface area contributed by atoms with Crippen molar-refractivity contribution < 1.29 is 14.3 Å². The van der Waals surface area contributed by atoms with Crippen molar-refractivity contribution in [3.8, 4) is 0 Å². The first-order valence-corrected chi connectivity index (χ1v) is 8.32. The minimum atomic E-state index is -0.505. The summed E-state index contributed by atoms with van der Waals surface area (Å²) in [6.07, 6.45) is 5.73. The fraction of sp³-hybridized carbons (Fsp3) is 0.875. The number of rotatable bonds is 4. The second kappa shape index (κ2) is 6.86. The van der Waals surface area contributed by atoms with E-state index in [2.05, 4.69) is 5.32 Å². The van der Waals surface area contributed by atoms with Crippen LogP contribution >= 0.6 is 0 Å². The molecule has 0 heterocycles. The zero-order valence-corrected chi connectivity index (χ0v) is 13.9. The lowest BCUT2D eigenvalue weighted by molar-refractivity contribution is -0.121. The lowest BCUT2D eigenvalue weighted by Gasteiger charge is -2.40. The standard InChI is InChI=1S/C16H29N3O3/c1-16(2,3)22-15(21)19(11-8-9-11)13-7-5-4-6-12(13)18-14(20)10-17/h11-13H,4-10,17H2,1-3H3,(H,18,20)/t12-,13-/m0/s1. The van der Waals surface area contributed by atoms with Gasteiger partial charge < -0.3 is 20.7 Å². The zero-order valence-electron chi connectivity index (χ0n) is 13.9. The molecular formula is C16H29N3O3. The molecule has 0 aromatic carbocycles. The zero-order chi connectivity index (χ0) is 16.3. The average molecular weight is 311 g/mol. The van der Waals surface area contributed by atoms with Crippen LogP contribution in [0.15, 0.2) is 0 Å². The highest BCUT2D eigenvalue weighted by Crippen LogP contribution is 2.35. The summed E-state index contributed by atoms with van der Waals surface area (Å²) in [6.45, 7) is 5.62. The molecule has 0 aliphatic heterocycles. The van der Waals surface area contributed by atoms with Crippen LogP contribution in [-0.4, -0.2) is 47.2 Å². The Balaban J connectivity index is 2.10. The van der Waals surface area contributed by atoms with Gasteiger partial charge in [-0.2, -0.15) is 0 Å². The summed E-state index contributed by atoms with van der Waals surface area (Å²) in [6, 6.07) is 0.264. The van der Waals surface area contributed by atoms with E-state index in [-0.39, 0.29) is 36.7 Å². The first-order valence-electron chi connectivity index (χ1n) is 8.32. The van der Waals surface area contributed by atoms with E-state index in [0.29, 0.717) is 0 Å². The van der Waals surface area contributed by atoms with Gasteiger partial charge in [-0.05, 0) is 46.5 Å². The maximum Gasteiger partial charge on any atom is 0.410 e. The number of hydrogen-bond donors (Lipinski definition) is 2. The fourth-order valence-electron chi connectivity index (χ4n) is 3.10. The Labute approximate surface area is 132 Å². The molecule has 0 aromatic heterocycles. The number of carbonyl (C=O) groups is 2. The lowest BCUT2D eigenvalue weighted by atomic mass is 9.89. The maximum atomic E-state index is 12.6. The SMILES string of the molecule is CC(C)(C)OC(=O)N(C1CC1)[C@H]1CCCC[C@@H]1NC(=O)CN. The van der Waals surface area contributed by atoms with Crippen LogP contribution in [0.5, 0.6) is 0 Å². The first-order chi connectivity index (χ1) is 10.3. The van der Waals surface area contributed by atoms with Crippen LogP contribution in [0.1, 0.15) is 59.3 Å². The van der Waals surface area contributed by atoms with Crippen molar-refractivity contribution in [3.05, 3.63) is 0 Å². The van der Waals surface area contributed by atoms with Gasteiger partial charge in [-0.15, -0.1) is 0 Å². The number of carbonyl (C=O) groups excluding carboxylic acids is 2. The molecule has 6 nitrogen and oxygen atoms in total. The Kier molecular flexibility index (Phi) is 5.32. The molecule has 6 heteroatoms. The van der Waals surface area contributed by atoms with Crippen LogP contribution in [0.3, 0.4) is 0 Å².